The number of aryl methyl sites for hydroxylation is 1. The Labute approximate surface area is 248 Å². The fourth-order valence-corrected chi connectivity index (χ4v) is 7.03. The molecule has 2 aromatic heterocycles. The summed E-state index contributed by atoms with van der Waals surface area (Å²) >= 11 is 0. The Morgan fingerprint density at radius 1 is 1.11 bits per heavy atom. The molecule has 0 bridgehead atoms. The van der Waals surface area contributed by atoms with Crippen LogP contribution in [0.15, 0.2) is 31.3 Å². The summed E-state index contributed by atoms with van der Waals surface area (Å²) in [5.41, 5.74) is -1.85. The summed E-state index contributed by atoms with van der Waals surface area (Å²) in [7, 11) is 0. The van der Waals surface area contributed by atoms with Crippen molar-refractivity contribution in [3.8, 4) is 11.4 Å². The summed E-state index contributed by atoms with van der Waals surface area (Å²) in [5.74, 6) is -0.445. The number of nitrogens with zero attached hydrogens (tertiary/aromatic N) is 2. The largest absolute Gasteiger partial charge is 0.395 e. The van der Waals surface area contributed by atoms with Gasteiger partial charge >= 0.3 is 0 Å². The number of ether oxygens (including phenoxy) is 1. The molecule has 1 unspecified atom stereocenters. The van der Waals surface area contributed by atoms with Crippen LogP contribution in [0.1, 0.15) is 59.2 Å². The Bertz CT molecular complexity index is 2120. The van der Waals surface area contributed by atoms with Gasteiger partial charge in [-0.25, -0.2) is 9.37 Å². The van der Waals surface area contributed by atoms with Gasteiger partial charge in [-0.1, -0.05) is 6.92 Å². The van der Waals surface area contributed by atoms with Crippen LogP contribution < -0.4 is 32.5 Å². The van der Waals surface area contributed by atoms with E-state index < -0.39 is 45.6 Å². The van der Waals surface area contributed by atoms with Gasteiger partial charge in [0.15, 0.2) is 6.29 Å². The van der Waals surface area contributed by atoms with Gasteiger partial charge < -0.3 is 35.3 Å². The summed E-state index contributed by atoms with van der Waals surface area (Å²) in [5, 5.41) is 37.5. The highest BCUT2D eigenvalue weighted by atomic mass is 19.1. The van der Waals surface area contributed by atoms with Crippen LogP contribution in [0.3, 0.4) is 0 Å². The maximum Gasteiger partial charge on any atom is 0.277 e. The second-order valence-electron chi connectivity index (χ2n) is 11.6. The van der Waals surface area contributed by atoms with E-state index in [9.17, 15) is 34.5 Å². The number of fused-ring (bicyclic) bond motifs is 5. The Balaban J connectivity index is 1.48. The summed E-state index contributed by atoms with van der Waals surface area (Å²) in [6.07, 6.45) is -0.695. The van der Waals surface area contributed by atoms with E-state index in [-0.39, 0.29) is 55.2 Å². The Morgan fingerprint density at radius 3 is 2.59 bits per heavy atom. The van der Waals surface area contributed by atoms with Crippen molar-refractivity contribution in [1.82, 2.24) is 9.55 Å². The number of hydrogen-bond donors (Lipinski definition) is 5. The van der Waals surface area contributed by atoms with E-state index in [4.69, 9.17) is 9.72 Å². The first-order valence-electron chi connectivity index (χ1n) is 14.4. The van der Waals surface area contributed by atoms with Gasteiger partial charge in [0, 0.05) is 34.7 Å². The summed E-state index contributed by atoms with van der Waals surface area (Å²) < 4.78 is 22.0. The van der Waals surface area contributed by atoms with Crippen LogP contribution in [0.25, 0.3) is 22.3 Å². The van der Waals surface area contributed by atoms with E-state index in [1.54, 1.807) is 19.9 Å². The van der Waals surface area contributed by atoms with Crippen molar-refractivity contribution < 1.29 is 24.4 Å². The molecule has 3 atom stereocenters. The molecule has 12 nitrogen and oxygen atoms in total. The molecular formula is C31H29FN4O8. The number of aromatic nitrogens is 2. The lowest BCUT2D eigenvalue weighted by molar-refractivity contribution is -0.236. The summed E-state index contributed by atoms with van der Waals surface area (Å²) in [6, 6.07) is 2.31. The molecule has 2 aromatic carbocycles. The smallest absolute Gasteiger partial charge is 0.277 e. The van der Waals surface area contributed by atoms with Crippen molar-refractivity contribution in [2.45, 2.75) is 64.2 Å². The zero-order valence-electron chi connectivity index (χ0n) is 23.9. The number of hydrogen-bond acceptors (Lipinski definition) is 11. The first-order chi connectivity index (χ1) is 21.0. The van der Waals surface area contributed by atoms with Crippen LogP contribution in [0.5, 0.6) is 0 Å². The second-order valence-corrected chi connectivity index (χ2v) is 11.6. The van der Waals surface area contributed by atoms with Crippen molar-refractivity contribution in [3.05, 3.63) is 92.4 Å². The van der Waals surface area contributed by atoms with Crippen LogP contribution in [-0.4, -0.2) is 44.3 Å². The van der Waals surface area contributed by atoms with Gasteiger partial charge in [-0.2, -0.15) is 0 Å². The third-order valence-electron chi connectivity index (χ3n) is 9.38. The number of aliphatic hydroxyl groups is 3. The molecule has 7 rings (SSSR count). The molecule has 0 amide bonds. The molecule has 1 aliphatic carbocycles. The van der Waals surface area contributed by atoms with E-state index in [2.05, 4.69) is 10.6 Å². The lowest BCUT2D eigenvalue weighted by Crippen LogP contribution is -2.47. The molecule has 4 heterocycles. The minimum Gasteiger partial charge on any atom is -0.395 e. The predicted molar refractivity (Wildman–Crippen MR) is 158 cm³/mol. The minimum atomic E-state index is -1.83. The molecule has 228 valence electrons. The zero-order valence-corrected chi connectivity index (χ0v) is 23.9. The number of halogens is 1. The van der Waals surface area contributed by atoms with Crippen molar-refractivity contribution >= 4 is 22.3 Å². The quantitative estimate of drug-likeness (QED) is 0.173. The van der Waals surface area contributed by atoms with E-state index >= 15 is 4.39 Å². The minimum absolute atomic E-state index is 0.0565. The Kier molecular flexibility index (Phi) is 6.38. The van der Waals surface area contributed by atoms with E-state index in [1.165, 1.54) is 10.6 Å². The molecule has 44 heavy (non-hydrogen) atoms. The van der Waals surface area contributed by atoms with E-state index in [0.29, 0.717) is 51.8 Å². The van der Waals surface area contributed by atoms with E-state index in [1.807, 2.05) is 0 Å². The fourth-order valence-electron chi connectivity index (χ4n) is 7.03. The van der Waals surface area contributed by atoms with Gasteiger partial charge in [0.25, 0.3) is 21.8 Å². The third-order valence-corrected chi connectivity index (χ3v) is 9.38. The number of aliphatic hydroxyl groups excluding tert-OH is 2. The molecule has 0 radical (unpaired) electrons. The number of rotatable bonds is 6. The molecule has 0 saturated heterocycles. The number of benzene rings is 1. The molecule has 5 N–H and O–H groups in total. The average Bonchev–Trinajstić information content (AvgIpc) is 3.47. The maximum absolute atomic E-state index is 15.2. The van der Waals surface area contributed by atoms with Gasteiger partial charge in [0.05, 0.1) is 42.7 Å². The van der Waals surface area contributed by atoms with E-state index in [0.717, 1.165) is 5.56 Å². The average molecular weight is 605 g/mol. The highest BCUT2D eigenvalue weighted by Gasteiger charge is 2.45. The monoisotopic (exact) mass is 604 g/mol. The molecule has 0 spiro atoms. The lowest BCUT2D eigenvalue weighted by atomic mass is 9.81. The molecule has 0 fully saturated rings. The fraction of sp³-hybridized carbons (Fsp3) is 0.387. The Hall–Kier alpha value is -4.30. The molecule has 4 aromatic rings. The van der Waals surface area contributed by atoms with Gasteiger partial charge in [0.2, 0.25) is 0 Å². The SMILES string of the molecule is CC[C@]1(O)c2cc3n(c(=O)c2COC1O)Cc1c-3nc2cc(F)c(C)c3c2c1[C@@H](Nc1c(NCCO)c(=O)c(=O)c1=O)CC3. The standard InChI is InChI=1S/C31H29FN4O8/c1-3-31(43)16-8-20-23-14(10-36(20)29(41)15(16)11-44-30(31)42)22-18(5-4-13-12(2)17(32)9-19(35-23)21(13)22)34-25-24(33-6-7-37)26(38)28(40)27(25)39/h8-9,18,30,33-34,37,42-43H,3-7,10-11H2,1-2H3/t18-,30?,31-/m0/s1. The van der Waals surface area contributed by atoms with Gasteiger partial charge in [-0.15, -0.1) is 0 Å². The highest BCUT2D eigenvalue weighted by molar-refractivity contribution is 5.93. The van der Waals surface area contributed by atoms with Gasteiger partial charge in [0.1, 0.15) is 22.8 Å². The molecular weight excluding hydrogens is 575 g/mol. The van der Waals surface area contributed by atoms with Crippen LogP contribution >= 0.6 is 0 Å². The third kappa shape index (κ3) is 3.73. The highest BCUT2D eigenvalue weighted by Crippen LogP contribution is 2.47. The molecule has 13 heteroatoms. The van der Waals surface area contributed by atoms with Crippen LogP contribution in [0.2, 0.25) is 0 Å². The van der Waals surface area contributed by atoms with Crippen molar-refractivity contribution in [2.24, 2.45) is 0 Å². The molecule has 3 aliphatic rings. The van der Waals surface area contributed by atoms with Crippen LogP contribution in [0.4, 0.5) is 15.8 Å². The van der Waals surface area contributed by atoms with Crippen LogP contribution in [0, 0.1) is 12.7 Å². The predicted octanol–water partition coefficient (Wildman–Crippen LogP) is 0.779. The van der Waals surface area contributed by atoms with Crippen molar-refractivity contribution in [2.75, 3.05) is 23.8 Å². The number of pyridine rings is 2. The topological polar surface area (TPSA) is 180 Å². The first-order valence-corrected chi connectivity index (χ1v) is 14.4. The molecule has 0 saturated carbocycles. The van der Waals surface area contributed by atoms with Crippen LogP contribution in [-0.2, 0) is 29.9 Å². The lowest BCUT2D eigenvalue weighted by Gasteiger charge is -2.37. The normalized spacial score (nSPS) is 21.7. The maximum atomic E-state index is 15.2. The summed E-state index contributed by atoms with van der Waals surface area (Å²) in [4.78, 5) is 56.5. The Morgan fingerprint density at radius 2 is 1.86 bits per heavy atom. The second kappa shape index (κ2) is 9.86. The van der Waals surface area contributed by atoms with Gasteiger partial charge in [-0.05, 0) is 48.9 Å². The van der Waals surface area contributed by atoms with Crippen molar-refractivity contribution in [1.29, 1.82) is 0 Å². The first kappa shape index (κ1) is 28.5. The number of anilines is 2. The zero-order chi connectivity index (χ0) is 31.2. The summed E-state index contributed by atoms with van der Waals surface area (Å²) in [6.45, 7) is 2.83. The van der Waals surface area contributed by atoms with Crippen molar-refractivity contribution in [3.63, 3.8) is 0 Å². The number of nitrogens with one attached hydrogen (secondary N) is 2. The molecule has 2 aliphatic heterocycles. The van der Waals surface area contributed by atoms with Gasteiger partial charge in [-0.3, -0.25) is 19.2 Å².